The third-order valence-electron chi connectivity index (χ3n) is 3.72. The molecule has 1 fully saturated rings. The molecule has 2 N–H and O–H groups in total. The van der Waals surface area contributed by atoms with Gasteiger partial charge in [-0.25, -0.2) is 4.98 Å². The van der Waals surface area contributed by atoms with E-state index >= 15 is 0 Å². The largest absolute Gasteiger partial charge is 0.352 e. The van der Waals surface area contributed by atoms with Gasteiger partial charge in [0, 0.05) is 18.8 Å². The summed E-state index contributed by atoms with van der Waals surface area (Å²) in [5.41, 5.74) is 3.04. The SMILES string of the molecule is Cc1nc2ccccn2c1CNC(C)C(=O)NC1CC1. The summed E-state index contributed by atoms with van der Waals surface area (Å²) in [6.45, 7) is 4.53. The molecule has 0 aromatic carbocycles. The molecule has 0 bridgehead atoms. The summed E-state index contributed by atoms with van der Waals surface area (Å²) in [4.78, 5) is 16.4. The summed E-state index contributed by atoms with van der Waals surface area (Å²) in [6.07, 6.45) is 4.23. The molecule has 3 rings (SSSR count). The number of nitrogens with zero attached hydrogens (tertiary/aromatic N) is 2. The molecular weight excluding hydrogens is 252 g/mol. The lowest BCUT2D eigenvalue weighted by molar-refractivity contribution is -0.122. The van der Waals surface area contributed by atoms with E-state index in [4.69, 9.17) is 0 Å². The highest BCUT2D eigenvalue weighted by Gasteiger charge is 2.25. The van der Waals surface area contributed by atoms with Crippen molar-refractivity contribution in [3.05, 3.63) is 35.8 Å². The van der Waals surface area contributed by atoms with Crippen LogP contribution in [0.4, 0.5) is 0 Å². The zero-order valence-corrected chi connectivity index (χ0v) is 11.9. The molecule has 5 heteroatoms. The highest BCUT2D eigenvalue weighted by Crippen LogP contribution is 2.18. The minimum atomic E-state index is -0.190. The Labute approximate surface area is 118 Å². The topological polar surface area (TPSA) is 58.4 Å². The van der Waals surface area contributed by atoms with Crippen LogP contribution in [0.3, 0.4) is 0 Å². The quantitative estimate of drug-likeness (QED) is 0.865. The van der Waals surface area contributed by atoms with Gasteiger partial charge in [-0.3, -0.25) is 4.79 Å². The Balaban J connectivity index is 1.66. The number of rotatable bonds is 5. The van der Waals surface area contributed by atoms with Gasteiger partial charge in [0.1, 0.15) is 5.65 Å². The molecule has 1 atom stereocenters. The van der Waals surface area contributed by atoms with Gasteiger partial charge in [-0.05, 0) is 38.8 Å². The van der Waals surface area contributed by atoms with Gasteiger partial charge in [0.05, 0.1) is 17.4 Å². The fourth-order valence-corrected chi connectivity index (χ4v) is 2.27. The van der Waals surface area contributed by atoms with Gasteiger partial charge in [-0.1, -0.05) is 6.07 Å². The molecule has 2 aromatic rings. The van der Waals surface area contributed by atoms with Crippen LogP contribution in [0.25, 0.3) is 5.65 Å². The van der Waals surface area contributed by atoms with E-state index in [0.29, 0.717) is 12.6 Å². The Kier molecular flexibility index (Phi) is 3.44. The van der Waals surface area contributed by atoms with Crippen LogP contribution < -0.4 is 10.6 Å². The molecule has 5 nitrogen and oxygen atoms in total. The van der Waals surface area contributed by atoms with E-state index in [0.717, 1.165) is 29.9 Å². The molecule has 0 aliphatic heterocycles. The summed E-state index contributed by atoms with van der Waals surface area (Å²) >= 11 is 0. The molecule has 2 heterocycles. The van der Waals surface area contributed by atoms with E-state index in [1.165, 1.54) is 0 Å². The number of fused-ring (bicyclic) bond motifs is 1. The standard InChI is InChI=1S/C15H20N4O/c1-10-13(19-8-4-3-5-14(19)17-10)9-16-11(2)15(20)18-12-6-7-12/h3-5,8,11-12,16H,6-7,9H2,1-2H3,(H,18,20). The van der Waals surface area contributed by atoms with Crippen molar-refractivity contribution in [2.24, 2.45) is 0 Å². The Hall–Kier alpha value is -1.88. The van der Waals surface area contributed by atoms with Gasteiger partial charge in [0.2, 0.25) is 5.91 Å². The van der Waals surface area contributed by atoms with Crippen LogP contribution >= 0.6 is 0 Å². The number of hydrogen-bond acceptors (Lipinski definition) is 3. The Morgan fingerprint density at radius 1 is 1.50 bits per heavy atom. The second kappa shape index (κ2) is 5.25. The molecule has 0 spiro atoms. The zero-order valence-electron chi connectivity index (χ0n) is 11.9. The normalized spacial score (nSPS) is 16.3. The number of nitrogens with one attached hydrogen (secondary N) is 2. The predicted octanol–water partition coefficient (Wildman–Crippen LogP) is 1.40. The van der Waals surface area contributed by atoms with Crippen LogP contribution in [0.5, 0.6) is 0 Å². The van der Waals surface area contributed by atoms with Crippen molar-refractivity contribution in [1.29, 1.82) is 0 Å². The minimum absolute atomic E-state index is 0.0824. The predicted molar refractivity (Wildman–Crippen MR) is 77.4 cm³/mol. The van der Waals surface area contributed by atoms with E-state index in [9.17, 15) is 4.79 Å². The van der Waals surface area contributed by atoms with Crippen molar-refractivity contribution < 1.29 is 4.79 Å². The summed E-state index contributed by atoms with van der Waals surface area (Å²) < 4.78 is 2.06. The molecular formula is C15H20N4O. The van der Waals surface area contributed by atoms with Crippen molar-refractivity contribution in [2.75, 3.05) is 0 Å². The molecule has 1 amide bonds. The van der Waals surface area contributed by atoms with Gasteiger partial charge < -0.3 is 15.0 Å². The number of carbonyl (C=O) groups excluding carboxylic acids is 1. The molecule has 1 saturated carbocycles. The number of carbonyl (C=O) groups is 1. The molecule has 20 heavy (non-hydrogen) atoms. The average molecular weight is 272 g/mol. The molecule has 1 aliphatic carbocycles. The fraction of sp³-hybridized carbons (Fsp3) is 0.467. The maximum absolute atomic E-state index is 11.9. The third-order valence-corrected chi connectivity index (χ3v) is 3.72. The molecule has 1 aliphatic rings. The van der Waals surface area contributed by atoms with E-state index in [-0.39, 0.29) is 11.9 Å². The lowest BCUT2D eigenvalue weighted by Crippen LogP contribution is -2.42. The summed E-state index contributed by atoms with van der Waals surface area (Å²) in [6, 6.07) is 6.17. The lowest BCUT2D eigenvalue weighted by atomic mass is 10.2. The monoisotopic (exact) mass is 272 g/mol. The highest BCUT2D eigenvalue weighted by atomic mass is 16.2. The first kappa shape index (κ1) is 13.1. The maximum atomic E-state index is 11.9. The summed E-state index contributed by atoms with van der Waals surface area (Å²) in [5, 5.41) is 6.29. The van der Waals surface area contributed by atoms with E-state index in [1.807, 2.05) is 38.2 Å². The van der Waals surface area contributed by atoms with Gasteiger partial charge >= 0.3 is 0 Å². The number of pyridine rings is 1. The first-order valence-electron chi connectivity index (χ1n) is 7.11. The van der Waals surface area contributed by atoms with Crippen LogP contribution in [0, 0.1) is 6.92 Å². The fourth-order valence-electron chi connectivity index (χ4n) is 2.27. The van der Waals surface area contributed by atoms with Crippen molar-refractivity contribution in [1.82, 2.24) is 20.0 Å². The molecule has 0 radical (unpaired) electrons. The van der Waals surface area contributed by atoms with Crippen molar-refractivity contribution in [3.8, 4) is 0 Å². The van der Waals surface area contributed by atoms with Gasteiger partial charge in [0.25, 0.3) is 0 Å². The minimum Gasteiger partial charge on any atom is -0.352 e. The van der Waals surface area contributed by atoms with Crippen molar-refractivity contribution >= 4 is 11.6 Å². The summed E-state index contributed by atoms with van der Waals surface area (Å²) in [5.74, 6) is 0.0824. The maximum Gasteiger partial charge on any atom is 0.237 e. The Morgan fingerprint density at radius 2 is 2.30 bits per heavy atom. The van der Waals surface area contributed by atoms with Crippen LogP contribution in [0.1, 0.15) is 31.2 Å². The third kappa shape index (κ3) is 2.67. The van der Waals surface area contributed by atoms with Crippen LogP contribution in [-0.4, -0.2) is 27.4 Å². The van der Waals surface area contributed by atoms with Gasteiger partial charge in [-0.2, -0.15) is 0 Å². The highest BCUT2D eigenvalue weighted by molar-refractivity contribution is 5.81. The van der Waals surface area contributed by atoms with E-state index < -0.39 is 0 Å². The molecule has 106 valence electrons. The number of aryl methyl sites for hydroxylation is 1. The second-order valence-corrected chi connectivity index (χ2v) is 5.46. The van der Waals surface area contributed by atoms with E-state index in [2.05, 4.69) is 20.0 Å². The van der Waals surface area contributed by atoms with Crippen LogP contribution in [0.15, 0.2) is 24.4 Å². The van der Waals surface area contributed by atoms with Gasteiger partial charge in [0.15, 0.2) is 0 Å². The van der Waals surface area contributed by atoms with Crippen LogP contribution in [-0.2, 0) is 11.3 Å². The Bertz CT molecular complexity index is 630. The number of imidazole rings is 1. The lowest BCUT2D eigenvalue weighted by Gasteiger charge is -2.14. The molecule has 0 saturated heterocycles. The first-order chi connectivity index (χ1) is 9.65. The average Bonchev–Trinajstić information content (AvgIpc) is 3.18. The summed E-state index contributed by atoms with van der Waals surface area (Å²) in [7, 11) is 0. The molecule has 2 aromatic heterocycles. The van der Waals surface area contributed by atoms with Crippen molar-refractivity contribution in [2.45, 2.75) is 45.3 Å². The number of aromatic nitrogens is 2. The number of hydrogen-bond donors (Lipinski definition) is 2. The Morgan fingerprint density at radius 3 is 3.05 bits per heavy atom. The first-order valence-corrected chi connectivity index (χ1v) is 7.11. The van der Waals surface area contributed by atoms with Crippen molar-refractivity contribution in [3.63, 3.8) is 0 Å². The van der Waals surface area contributed by atoms with Crippen LogP contribution in [0.2, 0.25) is 0 Å². The second-order valence-electron chi connectivity index (χ2n) is 5.46. The number of amides is 1. The smallest absolute Gasteiger partial charge is 0.237 e. The molecule has 1 unspecified atom stereocenters. The van der Waals surface area contributed by atoms with E-state index in [1.54, 1.807) is 0 Å². The van der Waals surface area contributed by atoms with Gasteiger partial charge in [-0.15, -0.1) is 0 Å². The zero-order chi connectivity index (χ0) is 14.1.